The van der Waals surface area contributed by atoms with Crippen molar-refractivity contribution >= 4 is 33.3 Å². The van der Waals surface area contributed by atoms with Gasteiger partial charge in [-0.05, 0) is 56.3 Å². The highest BCUT2D eigenvalue weighted by molar-refractivity contribution is 7.90. The van der Waals surface area contributed by atoms with Crippen LogP contribution in [0.15, 0.2) is 53.4 Å². The molecule has 0 saturated heterocycles. The lowest BCUT2D eigenvalue weighted by atomic mass is 10.2. The molecule has 0 heterocycles. The number of carbonyl (C=O) groups is 3. The van der Waals surface area contributed by atoms with Crippen LogP contribution in [0.4, 0.5) is 5.69 Å². The molecule has 2 rings (SSSR count). The number of nitrogens with one attached hydrogen (secondary N) is 1. The quantitative estimate of drug-likeness (QED) is 0.642. The minimum absolute atomic E-state index is 0.0132. The molecule has 0 aliphatic rings. The molecular formula is C21H24N2O6S. The van der Waals surface area contributed by atoms with Crippen LogP contribution >= 0.6 is 0 Å². The predicted octanol–water partition coefficient (Wildman–Crippen LogP) is 2.37. The highest BCUT2D eigenvalue weighted by atomic mass is 32.2. The van der Waals surface area contributed by atoms with E-state index in [9.17, 15) is 22.8 Å². The molecule has 160 valence electrons. The summed E-state index contributed by atoms with van der Waals surface area (Å²) in [7, 11) is -3.46. The molecule has 0 spiro atoms. The van der Waals surface area contributed by atoms with Gasteiger partial charge in [0.15, 0.2) is 16.4 Å². The van der Waals surface area contributed by atoms with Gasteiger partial charge in [-0.3, -0.25) is 9.59 Å². The normalized spacial score (nSPS) is 10.9. The fourth-order valence-electron chi connectivity index (χ4n) is 2.65. The van der Waals surface area contributed by atoms with Crippen molar-refractivity contribution in [1.29, 1.82) is 0 Å². The molecule has 0 aliphatic heterocycles. The lowest BCUT2D eigenvalue weighted by Gasteiger charge is -2.18. The lowest BCUT2D eigenvalue weighted by molar-refractivity contribution is -0.119. The van der Waals surface area contributed by atoms with Crippen LogP contribution in [0.25, 0.3) is 0 Å². The van der Waals surface area contributed by atoms with Crippen LogP contribution in [0, 0.1) is 0 Å². The second-order valence-corrected chi connectivity index (χ2v) is 8.49. The first-order valence-corrected chi connectivity index (χ1v) is 11.2. The first-order valence-electron chi connectivity index (χ1n) is 9.32. The van der Waals surface area contributed by atoms with Crippen LogP contribution in [0.1, 0.15) is 34.6 Å². The third-order valence-electron chi connectivity index (χ3n) is 4.30. The smallest absolute Gasteiger partial charge is 0.338 e. The summed E-state index contributed by atoms with van der Waals surface area (Å²) in [5.74, 6) is -1.47. The van der Waals surface area contributed by atoms with E-state index in [4.69, 9.17) is 4.74 Å². The maximum absolute atomic E-state index is 12.3. The average molecular weight is 432 g/mol. The highest BCUT2D eigenvalue weighted by Crippen LogP contribution is 2.13. The van der Waals surface area contributed by atoms with Gasteiger partial charge in [-0.1, -0.05) is 6.07 Å². The predicted molar refractivity (Wildman–Crippen MR) is 112 cm³/mol. The van der Waals surface area contributed by atoms with Crippen LogP contribution in [0.5, 0.6) is 0 Å². The van der Waals surface area contributed by atoms with E-state index in [1.54, 1.807) is 29.2 Å². The second kappa shape index (κ2) is 10.0. The number of ether oxygens (including phenoxy) is 1. The number of sulfone groups is 1. The molecule has 2 aromatic rings. The molecule has 0 aliphatic carbocycles. The number of anilines is 1. The first-order chi connectivity index (χ1) is 14.2. The summed E-state index contributed by atoms with van der Waals surface area (Å²) in [6, 6.07) is 11.8. The SMILES string of the molecule is CCN(CC)C(=O)c1ccc(NC(=O)COC(=O)c2cccc(S(C)(=O)=O)c2)cc1. The summed E-state index contributed by atoms with van der Waals surface area (Å²) in [5.41, 5.74) is 0.991. The topological polar surface area (TPSA) is 110 Å². The van der Waals surface area contributed by atoms with Crippen molar-refractivity contribution in [2.75, 3.05) is 31.3 Å². The Morgan fingerprint density at radius 1 is 0.967 bits per heavy atom. The van der Waals surface area contributed by atoms with E-state index >= 15 is 0 Å². The van der Waals surface area contributed by atoms with E-state index in [0.29, 0.717) is 24.3 Å². The third kappa shape index (κ3) is 6.15. The van der Waals surface area contributed by atoms with E-state index in [1.807, 2.05) is 13.8 Å². The number of carbonyl (C=O) groups excluding carboxylic acids is 3. The summed E-state index contributed by atoms with van der Waals surface area (Å²) in [5, 5.41) is 2.57. The van der Waals surface area contributed by atoms with Gasteiger partial charge in [0, 0.05) is 30.6 Å². The monoisotopic (exact) mass is 432 g/mol. The van der Waals surface area contributed by atoms with Crippen LogP contribution < -0.4 is 5.32 Å². The summed E-state index contributed by atoms with van der Waals surface area (Å²) in [6.07, 6.45) is 1.03. The Morgan fingerprint density at radius 2 is 1.60 bits per heavy atom. The van der Waals surface area contributed by atoms with Crippen molar-refractivity contribution in [2.45, 2.75) is 18.7 Å². The van der Waals surface area contributed by atoms with Crippen LogP contribution in [0.3, 0.4) is 0 Å². The molecule has 2 amide bonds. The van der Waals surface area contributed by atoms with E-state index in [0.717, 1.165) is 6.26 Å². The van der Waals surface area contributed by atoms with Gasteiger partial charge in [0.25, 0.3) is 11.8 Å². The number of amides is 2. The van der Waals surface area contributed by atoms with Crippen molar-refractivity contribution < 1.29 is 27.5 Å². The number of esters is 1. The molecule has 2 aromatic carbocycles. The van der Waals surface area contributed by atoms with E-state index in [1.165, 1.54) is 24.3 Å². The minimum atomic E-state index is -3.46. The third-order valence-corrected chi connectivity index (χ3v) is 5.41. The molecular weight excluding hydrogens is 408 g/mol. The van der Waals surface area contributed by atoms with Crippen LogP contribution in [-0.4, -0.2) is 57.1 Å². The van der Waals surface area contributed by atoms with Gasteiger partial charge in [0.05, 0.1) is 10.5 Å². The number of hydrogen-bond acceptors (Lipinski definition) is 6. The van der Waals surface area contributed by atoms with Crippen molar-refractivity contribution in [3.63, 3.8) is 0 Å². The Morgan fingerprint density at radius 3 is 2.17 bits per heavy atom. The zero-order valence-corrected chi connectivity index (χ0v) is 17.9. The molecule has 0 saturated carbocycles. The Kier molecular flexibility index (Phi) is 7.71. The average Bonchev–Trinajstić information content (AvgIpc) is 2.73. The van der Waals surface area contributed by atoms with E-state index in [-0.39, 0.29) is 16.4 Å². The molecule has 0 bridgehead atoms. The van der Waals surface area contributed by atoms with Gasteiger partial charge in [-0.25, -0.2) is 13.2 Å². The molecule has 0 radical (unpaired) electrons. The van der Waals surface area contributed by atoms with Crippen molar-refractivity contribution in [1.82, 2.24) is 4.90 Å². The zero-order valence-electron chi connectivity index (χ0n) is 17.0. The second-order valence-electron chi connectivity index (χ2n) is 6.48. The summed E-state index contributed by atoms with van der Waals surface area (Å²) >= 11 is 0. The molecule has 0 unspecified atom stereocenters. The minimum Gasteiger partial charge on any atom is -0.452 e. The van der Waals surface area contributed by atoms with E-state index in [2.05, 4.69) is 5.32 Å². The number of nitrogens with zero attached hydrogens (tertiary/aromatic N) is 1. The standard InChI is InChI=1S/C21H24N2O6S/c1-4-23(5-2)20(25)15-9-11-17(12-10-15)22-19(24)14-29-21(26)16-7-6-8-18(13-16)30(3,27)28/h6-13H,4-5,14H2,1-3H3,(H,22,24). The van der Waals surface area contributed by atoms with Gasteiger partial charge in [-0.2, -0.15) is 0 Å². The van der Waals surface area contributed by atoms with Crippen molar-refractivity contribution in [2.24, 2.45) is 0 Å². The largest absolute Gasteiger partial charge is 0.452 e. The lowest BCUT2D eigenvalue weighted by Crippen LogP contribution is -2.30. The van der Waals surface area contributed by atoms with Crippen LogP contribution in [-0.2, 0) is 19.4 Å². The van der Waals surface area contributed by atoms with Gasteiger partial charge in [0.1, 0.15) is 0 Å². The number of hydrogen-bond donors (Lipinski definition) is 1. The fourth-order valence-corrected chi connectivity index (χ4v) is 3.32. The maximum Gasteiger partial charge on any atom is 0.338 e. The van der Waals surface area contributed by atoms with Crippen molar-refractivity contribution in [3.05, 3.63) is 59.7 Å². The van der Waals surface area contributed by atoms with Crippen molar-refractivity contribution in [3.8, 4) is 0 Å². The molecule has 9 heteroatoms. The number of rotatable bonds is 8. The molecule has 0 aromatic heterocycles. The molecule has 8 nitrogen and oxygen atoms in total. The Balaban J connectivity index is 1.93. The van der Waals surface area contributed by atoms with E-state index < -0.39 is 28.3 Å². The Labute approximate surface area is 175 Å². The van der Waals surface area contributed by atoms with Gasteiger partial charge in [0.2, 0.25) is 0 Å². The fraction of sp³-hybridized carbons (Fsp3) is 0.286. The Bertz CT molecular complexity index is 1030. The highest BCUT2D eigenvalue weighted by Gasteiger charge is 2.15. The molecule has 0 fully saturated rings. The van der Waals surface area contributed by atoms with Crippen LogP contribution in [0.2, 0.25) is 0 Å². The summed E-state index contributed by atoms with van der Waals surface area (Å²) < 4.78 is 28.1. The van der Waals surface area contributed by atoms with Gasteiger partial charge < -0.3 is 15.0 Å². The Hall–Kier alpha value is -3.20. The first kappa shape index (κ1) is 23.1. The number of benzene rings is 2. The van der Waals surface area contributed by atoms with Gasteiger partial charge in [-0.15, -0.1) is 0 Å². The molecule has 30 heavy (non-hydrogen) atoms. The zero-order chi connectivity index (χ0) is 22.3. The van der Waals surface area contributed by atoms with Gasteiger partial charge >= 0.3 is 5.97 Å². The summed E-state index contributed by atoms with van der Waals surface area (Å²) in [4.78, 5) is 38.1. The maximum atomic E-state index is 12.3. The molecule has 0 atom stereocenters. The molecule has 1 N–H and O–H groups in total. The summed E-state index contributed by atoms with van der Waals surface area (Å²) in [6.45, 7) is 4.46.